The lowest BCUT2D eigenvalue weighted by atomic mass is 10.3. The van der Waals surface area contributed by atoms with Crippen molar-refractivity contribution in [3.8, 4) is 0 Å². The van der Waals surface area contributed by atoms with Gasteiger partial charge in [-0.1, -0.05) is 0 Å². The maximum Gasteiger partial charge on any atom is 0.256 e. The summed E-state index contributed by atoms with van der Waals surface area (Å²) in [5.74, 6) is 0.367. The fourth-order valence-electron chi connectivity index (χ4n) is 4.22. The SMILES string of the molecule is O=S1(=O)CCC(NC(=S)OCCN(CCOC(=S)NC2CCS(=O)(=O)C2)C(=S)NC2CCS(=O)(=O)C2)C1. The molecule has 37 heavy (non-hydrogen) atoms. The van der Waals surface area contributed by atoms with Gasteiger partial charge in [0.2, 0.25) is 0 Å². The molecule has 3 unspecified atom stereocenters. The van der Waals surface area contributed by atoms with Crippen LogP contribution in [0, 0.1) is 0 Å². The molecular formula is C19H32N4O8S6. The molecule has 3 aliphatic heterocycles. The van der Waals surface area contributed by atoms with E-state index < -0.39 is 29.5 Å². The Balaban J connectivity index is 1.46. The van der Waals surface area contributed by atoms with Crippen LogP contribution in [0.4, 0.5) is 0 Å². The Morgan fingerprint density at radius 2 is 1.00 bits per heavy atom. The van der Waals surface area contributed by atoms with E-state index in [1.165, 1.54) is 0 Å². The van der Waals surface area contributed by atoms with E-state index in [1.54, 1.807) is 4.90 Å². The van der Waals surface area contributed by atoms with Crippen molar-refractivity contribution in [1.29, 1.82) is 0 Å². The first-order valence-corrected chi connectivity index (χ1v) is 18.4. The van der Waals surface area contributed by atoms with E-state index >= 15 is 0 Å². The molecule has 0 bridgehead atoms. The highest BCUT2D eigenvalue weighted by molar-refractivity contribution is 7.92. The topological polar surface area (TPSA) is 160 Å². The Hall–Kier alpha value is -1.08. The molecule has 0 spiro atoms. The van der Waals surface area contributed by atoms with E-state index in [2.05, 4.69) is 16.0 Å². The summed E-state index contributed by atoms with van der Waals surface area (Å²) >= 11 is 15.9. The van der Waals surface area contributed by atoms with Gasteiger partial charge in [0, 0.05) is 18.1 Å². The van der Waals surface area contributed by atoms with Crippen LogP contribution in [0.5, 0.6) is 0 Å². The molecule has 0 aromatic rings. The second kappa shape index (κ2) is 12.8. The fourth-order valence-corrected chi connectivity index (χ4v) is 10.1. The van der Waals surface area contributed by atoms with Crippen molar-refractivity contribution in [2.24, 2.45) is 0 Å². The van der Waals surface area contributed by atoms with Crippen LogP contribution in [-0.4, -0.2) is 125 Å². The average Bonchev–Trinajstić information content (AvgIpc) is 3.41. The van der Waals surface area contributed by atoms with E-state index in [0.29, 0.717) is 37.5 Å². The predicted octanol–water partition coefficient (Wildman–Crippen LogP) is -1.49. The highest BCUT2D eigenvalue weighted by Crippen LogP contribution is 2.13. The van der Waals surface area contributed by atoms with Gasteiger partial charge in [-0.3, -0.25) is 0 Å². The standard InChI is InChI=1S/C19H32N4O8S6/c24-35(25)8-1-14(11-35)20-17(32)23(4-6-30-18(33)21-15-2-9-36(26,27)12-15)5-7-31-19(34)22-16-3-10-37(28,29)13-16/h14-16H,1-13H2,(H,20,32)(H,21,33)(H,22,34). The molecule has 0 radical (unpaired) electrons. The summed E-state index contributed by atoms with van der Waals surface area (Å²) in [5.41, 5.74) is 0. The highest BCUT2D eigenvalue weighted by atomic mass is 32.2. The first kappa shape index (κ1) is 30.5. The number of hydrogen-bond acceptors (Lipinski definition) is 11. The summed E-state index contributed by atoms with van der Waals surface area (Å²) in [4.78, 5) is 1.74. The Labute approximate surface area is 234 Å². The molecule has 3 saturated heterocycles. The monoisotopic (exact) mass is 636 g/mol. The van der Waals surface area contributed by atoms with Crippen molar-refractivity contribution in [3.63, 3.8) is 0 Å². The van der Waals surface area contributed by atoms with Gasteiger partial charge in [0.15, 0.2) is 34.6 Å². The third-order valence-electron chi connectivity index (χ3n) is 6.14. The van der Waals surface area contributed by atoms with Crippen LogP contribution in [-0.2, 0) is 39.0 Å². The van der Waals surface area contributed by atoms with Gasteiger partial charge < -0.3 is 30.3 Å². The Kier molecular flexibility index (Phi) is 10.6. The molecule has 3 fully saturated rings. The van der Waals surface area contributed by atoms with Crippen LogP contribution in [0.3, 0.4) is 0 Å². The lowest BCUT2D eigenvalue weighted by molar-refractivity contribution is 0.215. The van der Waals surface area contributed by atoms with Gasteiger partial charge in [0.05, 0.1) is 47.6 Å². The zero-order valence-electron chi connectivity index (χ0n) is 20.1. The van der Waals surface area contributed by atoms with Gasteiger partial charge in [-0.2, -0.15) is 0 Å². The van der Waals surface area contributed by atoms with Crippen molar-refractivity contribution in [2.75, 3.05) is 60.8 Å². The van der Waals surface area contributed by atoms with Crippen LogP contribution >= 0.6 is 36.7 Å². The lowest BCUT2D eigenvalue weighted by Gasteiger charge is -2.28. The van der Waals surface area contributed by atoms with Gasteiger partial charge in [0.1, 0.15) is 13.2 Å². The number of ether oxygens (including phenoxy) is 2. The fraction of sp³-hybridized carbons (Fsp3) is 0.842. The maximum atomic E-state index is 11.8. The molecule has 3 N–H and O–H groups in total. The van der Waals surface area contributed by atoms with E-state index in [4.69, 9.17) is 46.1 Å². The van der Waals surface area contributed by atoms with Crippen LogP contribution in [0.2, 0.25) is 0 Å². The number of sulfone groups is 3. The zero-order chi connectivity index (χ0) is 27.3. The molecule has 0 aliphatic carbocycles. The Morgan fingerprint density at radius 1 is 0.649 bits per heavy atom. The summed E-state index contributed by atoms with van der Waals surface area (Å²) < 4.78 is 81.2. The molecule has 3 rings (SSSR count). The van der Waals surface area contributed by atoms with Crippen molar-refractivity contribution in [2.45, 2.75) is 37.4 Å². The van der Waals surface area contributed by atoms with Gasteiger partial charge >= 0.3 is 0 Å². The third kappa shape index (κ3) is 10.5. The van der Waals surface area contributed by atoms with Gasteiger partial charge in [-0.05, 0) is 55.9 Å². The summed E-state index contributed by atoms with van der Waals surface area (Å²) in [6.45, 7) is 0.860. The van der Waals surface area contributed by atoms with E-state index in [1.807, 2.05) is 0 Å². The summed E-state index contributed by atoms with van der Waals surface area (Å²) in [6, 6.07) is -0.851. The van der Waals surface area contributed by atoms with Crippen LogP contribution in [0.25, 0.3) is 0 Å². The van der Waals surface area contributed by atoms with E-state index in [0.717, 1.165) is 0 Å². The Morgan fingerprint density at radius 3 is 1.32 bits per heavy atom. The molecule has 3 aliphatic rings. The van der Waals surface area contributed by atoms with Crippen LogP contribution in [0.15, 0.2) is 0 Å². The molecule has 3 atom stereocenters. The largest absolute Gasteiger partial charge is 0.469 e. The first-order valence-electron chi connectivity index (χ1n) is 11.8. The summed E-state index contributed by atoms with van der Waals surface area (Å²) in [6.07, 6.45) is 1.39. The second-order valence-electron chi connectivity index (χ2n) is 9.30. The maximum absolute atomic E-state index is 11.8. The first-order chi connectivity index (χ1) is 17.2. The number of nitrogens with one attached hydrogen (secondary N) is 3. The number of nitrogens with zero attached hydrogens (tertiary/aromatic N) is 1. The van der Waals surface area contributed by atoms with Gasteiger partial charge in [-0.15, -0.1) is 0 Å². The normalized spacial score (nSPS) is 27.2. The molecule has 0 amide bonds. The zero-order valence-corrected chi connectivity index (χ0v) is 25.0. The number of thiocarbonyl (C=S) groups is 3. The molecule has 0 aromatic heterocycles. The van der Waals surface area contributed by atoms with Crippen LogP contribution in [0.1, 0.15) is 19.3 Å². The molecular weight excluding hydrogens is 605 g/mol. The smallest absolute Gasteiger partial charge is 0.256 e. The third-order valence-corrected chi connectivity index (χ3v) is 12.3. The van der Waals surface area contributed by atoms with Crippen LogP contribution < -0.4 is 16.0 Å². The minimum Gasteiger partial charge on any atom is -0.469 e. The molecule has 212 valence electrons. The molecule has 12 nitrogen and oxygen atoms in total. The molecule has 0 saturated carbocycles. The quantitative estimate of drug-likeness (QED) is 0.251. The predicted molar refractivity (Wildman–Crippen MR) is 152 cm³/mol. The second-order valence-corrected chi connectivity index (χ2v) is 17.1. The van der Waals surface area contributed by atoms with Gasteiger partial charge in [0.25, 0.3) is 10.3 Å². The summed E-state index contributed by atoms with van der Waals surface area (Å²) in [7, 11) is -9.19. The highest BCUT2D eigenvalue weighted by Gasteiger charge is 2.31. The number of rotatable bonds is 9. The van der Waals surface area contributed by atoms with Crippen molar-refractivity contribution in [1.82, 2.24) is 20.9 Å². The molecule has 18 heteroatoms. The molecule has 0 aromatic carbocycles. The van der Waals surface area contributed by atoms with E-state index in [9.17, 15) is 25.3 Å². The van der Waals surface area contributed by atoms with Gasteiger partial charge in [-0.25, -0.2) is 25.3 Å². The van der Waals surface area contributed by atoms with Crippen molar-refractivity contribution >= 4 is 81.6 Å². The molecule has 3 heterocycles. The van der Waals surface area contributed by atoms with Crippen molar-refractivity contribution < 1.29 is 34.7 Å². The average molecular weight is 637 g/mol. The van der Waals surface area contributed by atoms with Crippen molar-refractivity contribution in [3.05, 3.63) is 0 Å². The minimum atomic E-state index is -3.09. The minimum absolute atomic E-state index is 0.00455. The lowest BCUT2D eigenvalue weighted by Crippen LogP contribution is -2.48. The summed E-state index contributed by atoms with van der Waals surface area (Å²) in [5, 5.41) is 9.41. The van der Waals surface area contributed by atoms with E-state index in [-0.39, 0.29) is 76.2 Å². The number of hydrogen-bond donors (Lipinski definition) is 3. The Bertz CT molecular complexity index is 1130.